The summed E-state index contributed by atoms with van der Waals surface area (Å²) in [6.45, 7) is 4.89. The number of amides is 1. The molecular formula is C22H23N3O5S. The lowest BCUT2D eigenvalue weighted by Crippen LogP contribution is -2.15. The van der Waals surface area contributed by atoms with E-state index in [1.807, 2.05) is 25.3 Å². The van der Waals surface area contributed by atoms with E-state index in [0.717, 1.165) is 6.42 Å². The van der Waals surface area contributed by atoms with Crippen LogP contribution >= 0.6 is 11.3 Å². The van der Waals surface area contributed by atoms with Gasteiger partial charge in [0.15, 0.2) is 0 Å². The van der Waals surface area contributed by atoms with E-state index in [1.165, 1.54) is 36.0 Å². The van der Waals surface area contributed by atoms with E-state index < -0.39 is 11.9 Å². The molecule has 0 aliphatic carbocycles. The van der Waals surface area contributed by atoms with Crippen LogP contribution in [0.3, 0.4) is 0 Å². The van der Waals surface area contributed by atoms with Crippen molar-refractivity contribution in [1.29, 1.82) is 0 Å². The van der Waals surface area contributed by atoms with E-state index in [0.29, 0.717) is 30.6 Å². The highest BCUT2D eigenvalue weighted by atomic mass is 32.1. The van der Waals surface area contributed by atoms with Crippen LogP contribution in [-0.4, -0.2) is 40.2 Å². The summed E-state index contributed by atoms with van der Waals surface area (Å²) in [5.74, 6) is -0.418. The van der Waals surface area contributed by atoms with Crippen molar-refractivity contribution in [1.82, 2.24) is 9.97 Å². The molecule has 3 aromatic rings. The van der Waals surface area contributed by atoms with Crippen LogP contribution in [0.15, 0.2) is 47.3 Å². The van der Waals surface area contributed by atoms with Crippen LogP contribution in [0.4, 0.5) is 5.82 Å². The Morgan fingerprint density at radius 2 is 1.90 bits per heavy atom. The molecule has 0 aliphatic heterocycles. The summed E-state index contributed by atoms with van der Waals surface area (Å²) in [7, 11) is 0. The van der Waals surface area contributed by atoms with Gasteiger partial charge in [0.2, 0.25) is 11.8 Å². The first-order chi connectivity index (χ1) is 14.9. The van der Waals surface area contributed by atoms with Gasteiger partial charge in [-0.2, -0.15) is 16.3 Å². The molecule has 0 bridgehead atoms. The number of rotatable bonds is 10. The van der Waals surface area contributed by atoms with Crippen molar-refractivity contribution in [2.45, 2.75) is 20.3 Å². The SMILES string of the molecule is CC(C)COc1cc(C(=O)Nc2ccc(C(=O)O)cn2)cc(OCCc2ccsc2)n1. The predicted octanol–water partition coefficient (Wildman–Crippen LogP) is 4.14. The maximum absolute atomic E-state index is 12.7. The third-order valence-corrected chi connectivity index (χ3v) is 4.81. The van der Waals surface area contributed by atoms with Crippen molar-refractivity contribution in [3.8, 4) is 11.8 Å². The average molecular weight is 442 g/mol. The number of thiophene rings is 1. The Labute approximate surface area is 183 Å². The van der Waals surface area contributed by atoms with Crippen LogP contribution in [0.2, 0.25) is 0 Å². The summed E-state index contributed by atoms with van der Waals surface area (Å²) in [6.07, 6.45) is 1.91. The number of carboxylic acids is 1. The van der Waals surface area contributed by atoms with E-state index in [4.69, 9.17) is 14.6 Å². The number of carboxylic acid groups (broad SMARTS) is 1. The molecule has 0 unspecified atom stereocenters. The Bertz CT molecular complexity index is 1020. The van der Waals surface area contributed by atoms with Crippen molar-refractivity contribution < 1.29 is 24.2 Å². The van der Waals surface area contributed by atoms with Gasteiger partial charge in [-0.15, -0.1) is 0 Å². The molecule has 0 radical (unpaired) electrons. The quantitative estimate of drug-likeness (QED) is 0.486. The molecule has 2 N–H and O–H groups in total. The molecule has 9 heteroatoms. The Kier molecular flexibility index (Phi) is 7.55. The van der Waals surface area contributed by atoms with Crippen LogP contribution in [0.5, 0.6) is 11.8 Å². The van der Waals surface area contributed by atoms with Gasteiger partial charge in [-0.05, 0) is 40.4 Å². The molecule has 3 aromatic heterocycles. The van der Waals surface area contributed by atoms with E-state index >= 15 is 0 Å². The largest absolute Gasteiger partial charge is 0.478 e. The molecule has 0 saturated heterocycles. The lowest BCUT2D eigenvalue weighted by Gasteiger charge is -2.12. The number of ether oxygens (including phenoxy) is 2. The minimum absolute atomic E-state index is 0.0348. The summed E-state index contributed by atoms with van der Waals surface area (Å²) in [5.41, 5.74) is 1.50. The maximum Gasteiger partial charge on any atom is 0.337 e. The van der Waals surface area contributed by atoms with Crippen molar-refractivity contribution in [2.75, 3.05) is 18.5 Å². The van der Waals surface area contributed by atoms with Crippen LogP contribution in [0.1, 0.15) is 40.1 Å². The van der Waals surface area contributed by atoms with Crippen molar-refractivity contribution in [2.24, 2.45) is 5.92 Å². The smallest absolute Gasteiger partial charge is 0.337 e. The summed E-state index contributed by atoms with van der Waals surface area (Å²) in [6, 6.07) is 7.90. The van der Waals surface area contributed by atoms with Crippen LogP contribution in [-0.2, 0) is 6.42 Å². The number of carbonyl (C=O) groups excluding carboxylic acids is 1. The van der Waals surface area contributed by atoms with E-state index in [1.54, 1.807) is 11.3 Å². The second-order valence-corrected chi connectivity index (χ2v) is 7.94. The van der Waals surface area contributed by atoms with Crippen molar-refractivity contribution in [3.63, 3.8) is 0 Å². The Balaban J connectivity index is 1.73. The van der Waals surface area contributed by atoms with Gasteiger partial charge in [0.25, 0.3) is 5.91 Å². The summed E-state index contributed by atoms with van der Waals surface area (Å²) in [5, 5.41) is 15.7. The molecular weight excluding hydrogens is 418 g/mol. The predicted molar refractivity (Wildman–Crippen MR) is 117 cm³/mol. The molecule has 0 atom stereocenters. The van der Waals surface area contributed by atoms with Gasteiger partial charge in [0.05, 0.1) is 24.3 Å². The molecule has 162 valence electrons. The fraction of sp³-hybridized carbons (Fsp3) is 0.273. The third-order valence-electron chi connectivity index (χ3n) is 4.08. The first-order valence-corrected chi connectivity index (χ1v) is 10.6. The first kappa shape index (κ1) is 22.2. The number of hydrogen-bond donors (Lipinski definition) is 2. The lowest BCUT2D eigenvalue weighted by molar-refractivity contribution is 0.0696. The van der Waals surface area contributed by atoms with Gasteiger partial charge in [-0.1, -0.05) is 13.8 Å². The molecule has 0 aromatic carbocycles. The van der Waals surface area contributed by atoms with E-state index in [2.05, 4.69) is 20.7 Å². The fourth-order valence-corrected chi connectivity index (χ4v) is 3.21. The van der Waals surface area contributed by atoms with Crippen molar-refractivity contribution >= 4 is 29.0 Å². The molecule has 3 heterocycles. The molecule has 31 heavy (non-hydrogen) atoms. The first-order valence-electron chi connectivity index (χ1n) is 9.70. The van der Waals surface area contributed by atoms with Gasteiger partial charge >= 0.3 is 5.97 Å². The molecule has 3 rings (SSSR count). The molecule has 8 nitrogen and oxygen atoms in total. The number of pyridine rings is 2. The Morgan fingerprint density at radius 1 is 1.13 bits per heavy atom. The van der Waals surface area contributed by atoms with Gasteiger partial charge in [0.1, 0.15) is 5.82 Å². The van der Waals surface area contributed by atoms with E-state index in [-0.39, 0.29) is 17.3 Å². The topological polar surface area (TPSA) is 111 Å². The lowest BCUT2D eigenvalue weighted by atomic mass is 10.2. The molecule has 0 saturated carbocycles. The van der Waals surface area contributed by atoms with Crippen molar-refractivity contribution in [3.05, 3.63) is 64.0 Å². The monoisotopic (exact) mass is 441 g/mol. The second-order valence-electron chi connectivity index (χ2n) is 7.16. The zero-order chi connectivity index (χ0) is 22.2. The standard InChI is InChI=1S/C22H23N3O5S/c1-14(2)12-30-20-10-17(9-19(25-20)29-7-5-15-6-8-31-13-15)21(26)24-18-4-3-16(11-23-18)22(27)28/h3-4,6,8-11,13-14H,5,7,12H2,1-2H3,(H,27,28)(H,23,24,26). The average Bonchev–Trinajstić information content (AvgIpc) is 3.26. The number of carbonyl (C=O) groups is 2. The van der Waals surface area contributed by atoms with Gasteiger partial charge < -0.3 is 19.9 Å². The highest BCUT2D eigenvalue weighted by molar-refractivity contribution is 7.07. The minimum atomic E-state index is -1.09. The Morgan fingerprint density at radius 3 is 2.52 bits per heavy atom. The molecule has 0 aliphatic rings. The maximum atomic E-state index is 12.7. The number of aromatic carboxylic acids is 1. The van der Waals surface area contributed by atoms with Crippen LogP contribution < -0.4 is 14.8 Å². The summed E-state index contributed by atoms with van der Waals surface area (Å²) in [4.78, 5) is 32.0. The number of nitrogens with zero attached hydrogens (tertiary/aromatic N) is 2. The van der Waals surface area contributed by atoms with Gasteiger partial charge in [-0.25, -0.2) is 9.78 Å². The fourth-order valence-electron chi connectivity index (χ4n) is 2.50. The third kappa shape index (κ3) is 6.78. The van der Waals surface area contributed by atoms with E-state index in [9.17, 15) is 9.59 Å². The zero-order valence-electron chi connectivity index (χ0n) is 17.2. The Hall–Kier alpha value is -3.46. The molecule has 1 amide bonds. The van der Waals surface area contributed by atoms with Crippen LogP contribution in [0.25, 0.3) is 0 Å². The zero-order valence-corrected chi connectivity index (χ0v) is 18.0. The number of hydrogen-bond acceptors (Lipinski definition) is 7. The second kappa shape index (κ2) is 10.5. The summed E-state index contributed by atoms with van der Waals surface area (Å²) < 4.78 is 11.5. The minimum Gasteiger partial charge on any atom is -0.478 e. The highest BCUT2D eigenvalue weighted by Crippen LogP contribution is 2.20. The summed E-state index contributed by atoms with van der Waals surface area (Å²) >= 11 is 1.62. The van der Waals surface area contributed by atoms with Crippen LogP contribution in [0, 0.1) is 5.92 Å². The normalized spacial score (nSPS) is 10.7. The molecule has 0 fully saturated rings. The highest BCUT2D eigenvalue weighted by Gasteiger charge is 2.14. The van der Waals surface area contributed by atoms with Gasteiger partial charge in [-0.3, -0.25) is 4.79 Å². The number of anilines is 1. The number of nitrogens with one attached hydrogen (secondary N) is 1. The van der Waals surface area contributed by atoms with Gasteiger partial charge in [0, 0.05) is 24.8 Å². The molecule has 0 spiro atoms. The number of aromatic nitrogens is 2.